The fourth-order valence-electron chi connectivity index (χ4n) is 1.86. The van der Waals surface area contributed by atoms with Gasteiger partial charge in [-0.05, 0) is 43.7 Å². The number of benzene rings is 2. The van der Waals surface area contributed by atoms with Gasteiger partial charge in [-0.3, -0.25) is 4.79 Å². The molecule has 0 aliphatic carbocycles. The van der Waals surface area contributed by atoms with Gasteiger partial charge in [-0.1, -0.05) is 23.8 Å². The summed E-state index contributed by atoms with van der Waals surface area (Å²) >= 11 is 0. The van der Waals surface area contributed by atoms with E-state index in [0.717, 1.165) is 16.9 Å². The topological polar surface area (TPSA) is 58.6 Å². The van der Waals surface area contributed by atoms with E-state index >= 15 is 0 Å². The van der Waals surface area contributed by atoms with Gasteiger partial charge in [0.15, 0.2) is 0 Å². The van der Waals surface area contributed by atoms with Crippen LogP contribution in [0.3, 0.4) is 0 Å². The lowest BCUT2D eigenvalue weighted by Gasteiger charge is -2.09. The van der Waals surface area contributed by atoms with Gasteiger partial charge in [0.1, 0.15) is 11.5 Å². The van der Waals surface area contributed by atoms with Crippen LogP contribution >= 0.6 is 0 Å². The van der Waals surface area contributed by atoms with Gasteiger partial charge >= 0.3 is 0 Å². The molecular weight excluding hydrogens is 266 g/mol. The lowest BCUT2D eigenvalue weighted by Crippen LogP contribution is -2.15. The Morgan fingerprint density at radius 1 is 1.10 bits per heavy atom. The van der Waals surface area contributed by atoms with E-state index in [-0.39, 0.29) is 18.1 Å². The summed E-state index contributed by atoms with van der Waals surface area (Å²) in [6, 6.07) is 12.8. The number of amides is 1. The first-order valence-corrected chi connectivity index (χ1v) is 6.83. The summed E-state index contributed by atoms with van der Waals surface area (Å²) in [6.45, 7) is 4.17. The molecule has 0 bridgehead atoms. The number of carbonyl (C=O) groups is 1. The van der Waals surface area contributed by atoms with Gasteiger partial charge < -0.3 is 15.2 Å². The number of nitrogens with one attached hydrogen (secondary N) is 1. The number of aryl methyl sites for hydroxylation is 2. The van der Waals surface area contributed by atoms with Crippen LogP contribution in [-0.4, -0.2) is 17.6 Å². The Hall–Kier alpha value is -2.49. The maximum absolute atomic E-state index is 11.8. The highest BCUT2D eigenvalue weighted by molar-refractivity contribution is 5.92. The Balaban J connectivity index is 1.81. The molecule has 4 heteroatoms. The van der Waals surface area contributed by atoms with Crippen molar-refractivity contribution in [2.45, 2.75) is 20.3 Å². The number of anilines is 1. The third kappa shape index (κ3) is 4.53. The number of hydrogen-bond acceptors (Lipinski definition) is 3. The Morgan fingerprint density at radius 2 is 1.76 bits per heavy atom. The van der Waals surface area contributed by atoms with Gasteiger partial charge in [0.25, 0.3) is 0 Å². The van der Waals surface area contributed by atoms with Crippen molar-refractivity contribution in [1.29, 1.82) is 0 Å². The average molecular weight is 285 g/mol. The number of phenolic OH excluding ortho intramolecular Hbond substituents is 1. The largest absolute Gasteiger partial charge is 0.506 e. The third-order valence-corrected chi connectivity index (χ3v) is 3.05. The van der Waals surface area contributed by atoms with Crippen LogP contribution in [0.1, 0.15) is 17.5 Å². The smallest absolute Gasteiger partial charge is 0.227 e. The van der Waals surface area contributed by atoms with Crippen molar-refractivity contribution in [1.82, 2.24) is 0 Å². The SMILES string of the molecule is Cc1ccc(OCCC(=O)Nc2ccc(C)cc2O)cc1. The van der Waals surface area contributed by atoms with Crippen molar-refractivity contribution in [3.05, 3.63) is 53.6 Å². The van der Waals surface area contributed by atoms with Gasteiger partial charge in [0.05, 0.1) is 18.7 Å². The molecule has 2 aromatic carbocycles. The Morgan fingerprint density at radius 3 is 2.43 bits per heavy atom. The molecule has 0 aromatic heterocycles. The molecule has 1 amide bonds. The Kier molecular flexibility index (Phi) is 4.82. The Bertz CT molecular complexity index is 620. The highest BCUT2D eigenvalue weighted by Gasteiger charge is 2.06. The zero-order chi connectivity index (χ0) is 15.2. The molecule has 0 radical (unpaired) electrons. The van der Waals surface area contributed by atoms with Gasteiger partial charge in [-0.25, -0.2) is 0 Å². The van der Waals surface area contributed by atoms with E-state index < -0.39 is 0 Å². The van der Waals surface area contributed by atoms with Crippen LogP contribution in [0.15, 0.2) is 42.5 Å². The molecule has 0 atom stereocenters. The second-order valence-electron chi connectivity index (χ2n) is 4.98. The number of hydrogen-bond donors (Lipinski definition) is 2. The maximum Gasteiger partial charge on any atom is 0.227 e. The molecule has 0 aliphatic rings. The number of ether oxygens (including phenoxy) is 1. The van der Waals surface area contributed by atoms with Crippen LogP contribution in [0.25, 0.3) is 0 Å². The molecule has 0 fully saturated rings. The molecule has 2 N–H and O–H groups in total. The lowest BCUT2D eigenvalue weighted by molar-refractivity contribution is -0.116. The normalized spacial score (nSPS) is 10.2. The van der Waals surface area contributed by atoms with Crippen molar-refractivity contribution < 1.29 is 14.6 Å². The summed E-state index contributed by atoms with van der Waals surface area (Å²) in [5.41, 5.74) is 2.52. The first-order chi connectivity index (χ1) is 10.0. The predicted octanol–water partition coefficient (Wildman–Crippen LogP) is 3.42. The van der Waals surface area contributed by atoms with Crippen LogP contribution < -0.4 is 10.1 Å². The van der Waals surface area contributed by atoms with Crippen LogP contribution in [0.4, 0.5) is 5.69 Å². The molecule has 0 aliphatic heterocycles. The number of aromatic hydroxyl groups is 1. The minimum absolute atomic E-state index is 0.0720. The minimum atomic E-state index is -0.193. The summed E-state index contributed by atoms with van der Waals surface area (Å²) in [5.74, 6) is 0.621. The number of carbonyl (C=O) groups excluding carboxylic acids is 1. The zero-order valence-corrected chi connectivity index (χ0v) is 12.2. The summed E-state index contributed by atoms with van der Waals surface area (Å²) in [4.78, 5) is 11.8. The monoisotopic (exact) mass is 285 g/mol. The Labute approximate surface area is 124 Å². The van der Waals surface area contributed by atoms with E-state index in [1.165, 1.54) is 0 Å². The van der Waals surface area contributed by atoms with Crippen LogP contribution in [0.2, 0.25) is 0 Å². The second-order valence-corrected chi connectivity index (χ2v) is 4.98. The van der Waals surface area contributed by atoms with Crippen LogP contribution in [-0.2, 0) is 4.79 Å². The van der Waals surface area contributed by atoms with Crippen molar-refractivity contribution in [3.63, 3.8) is 0 Å². The summed E-state index contributed by atoms with van der Waals surface area (Å²) in [7, 11) is 0. The van der Waals surface area contributed by atoms with Gasteiger partial charge in [0, 0.05) is 0 Å². The first-order valence-electron chi connectivity index (χ1n) is 6.83. The van der Waals surface area contributed by atoms with Crippen LogP contribution in [0, 0.1) is 13.8 Å². The third-order valence-electron chi connectivity index (χ3n) is 3.05. The molecule has 0 unspecified atom stereocenters. The molecule has 0 spiro atoms. The quantitative estimate of drug-likeness (QED) is 0.828. The molecule has 0 saturated carbocycles. The van der Waals surface area contributed by atoms with Gasteiger partial charge in [-0.15, -0.1) is 0 Å². The van der Waals surface area contributed by atoms with E-state index in [2.05, 4.69) is 5.32 Å². The summed E-state index contributed by atoms with van der Waals surface area (Å²) in [6.07, 6.45) is 0.223. The number of phenols is 1. The summed E-state index contributed by atoms with van der Waals surface area (Å²) < 4.78 is 5.50. The predicted molar refractivity (Wildman–Crippen MR) is 82.8 cm³/mol. The maximum atomic E-state index is 11.8. The fourth-order valence-corrected chi connectivity index (χ4v) is 1.86. The van der Waals surface area contributed by atoms with Gasteiger partial charge in [-0.2, -0.15) is 0 Å². The minimum Gasteiger partial charge on any atom is -0.506 e. The van der Waals surface area contributed by atoms with Crippen molar-refractivity contribution in [2.75, 3.05) is 11.9 Å². The number of rotatable bonds is 5. The second kappa shape index (κ2) is 6.79. The van der Waals surface area contributed by atoms with E-state index in [0.29, 0.717) is 12.3 Å². The fraction of sp³-hybridized carbons (Fsp3) is 0.235. The van der Waals surface area contributed by atoms with Crippen molar-refractivity contribution >= 4 is 11.6 Å². The standard InChI is InChI=1S/C17H19NO3/c1-12-3-6-14(7-4-12)21-10-9-17(20)18-15-8-5-13(2)11-16(15)19/h3-8,11,19H,9-10H2,1-2H3,(H,18,20). The molecule has 21 heavy (non-hydrogen) atoms. The summed E-state index contributed by atoms with van der Waals surface area (Å²) in [5, 5.41) is 12.4. The van der Waals surface area contributed by atoms with Crippen molar-refractivity contribution in [3.8, 4) is 11.5 Å². The molecule has 0 heterocycles. The first kappa shape index (κ1) is 14.9. The highest BCUT2D eigenvalue weighted by Crippen LogP contribution is 2.23. The molecule has 110 valence electrons. The molecule has 2 aromatic rings. The van der Waals surface area contributed by atoms with Crippen molar-refractivity contribution in [2.24, 2.45) is 0 Å². The molecular formula is C17H19NO3. The molecule has 2 rings (SSSR count). The zero-order valence-electron chi connectivity index (χ0n) is 12.2. The van der Waals surface area contributed by atoms with E-state index in [1.54, 1.807) is 12.1 Å². The average Bonchev–Trinajstić information content (AvgIpc) is 2.44. The molecule has 0 saturated heterocycles. The lowest BCUT2D eigenvalue weighted by atomic mass is 10.2. The van der Waals surface area contributed by atoms with E-state index in [1.807, 2.05) is 44.2 Å². The molecule has 4 nitrogen and oxygen atoms in total. The van der Waals surface area contributed by atoms with E-state index in [9.17, 15) is 9.90 Å². The van der Waals surface area contributed by atoms with E-state index in [4.69, 9.17) is 4.74 Å². The van der Waals surface area contributed by atoms with Crippen LogP contribution in [0.5, 0.6) is 11.5 Å². The van der Waals surface area contributed by atoms with Gasteiger partial charge in [0.2, 0.25) is 5.91 Å². The highest BCUT2D eigenvalue weighted by atomic mass is 16.5.